The fourth-order valence-corrected chi connectivity index (χ4v) is 4.11. The molecule has 0 amide bonds. The van der Waals surface area contributed by atoms with Gasteiger partial charge in [0.2, 0.25) is 5.95 Å². The molecular formula is C22H32N6. The molecule has 0 radical (unpaired) electrons. The Morgan fingerprint density at radius 3 is 2.68 bits per heavy atom. The van der Waals surface area contributed by atoms with Crippen molar-refractivity contribution in [3.63, 3.8) is 0 Å². The van der Waals surface area contributed by atoms with Gasteiger partial charge in [0.05, 0.1) is 0 Å². The van der Waals surface area contributed by atoms with Gasteiger partial charge in [-0.25, -0.2) is 4.98 Å². The van der Waals surface area contributed by atoms with E-state index >= 15 is 0 Å². The van der Waals surface area contributed by atoms with Crippen LogP contribution in [0.4, 0.5) is 11.8 Å². The summed E-state index contributed by atoms with van der Waals surface area (Å²) in [4.78, 5) is 14.4. The molecule has 2 saturated heterocycles. The van der Waals surface area contributed by atoms with Crippen LogP contribution in [-0.2, 0) is 6.54 Å². The minimum atomic E-state index is 0.451. The van der Waals surface area contributed by atoms with Gasteiger partial charge in [0.25, 0.3) is 0 Å². The molecule has 6 nitrogen and oxygen atoms in total. The molecule has 0 aliphatic carbocycles. The highest BCUT2D eigenvalue weighted by molar-refractivity contribution is 5.45. The molecule has 2 fully saturated rings. The SMILES string of the molecule is Cc1cc(N2CCCNCC2)nc(NC2CCN(Cc3ccccc3)CC2)n1. The van der Waals surface area contributed by atoms with Gasteiger partial charge in [0.1, 0.15) is 5.82 Å². The van der Waals surface area contributed by atoms with Crippen molar-refractivity contribution in [2.24, 2.45) is 0 Å². The summed E-state index contributed by atoms with van der Waals surface area (Å²) in [5, 5.41) is 7.07. The van der Waals surface area contributed by atoms with E-state index in [1.165, 1.54) is 5.56 Å². The Bertz CT molecular complexity index is 734. The van der Waals surface area contributed by atoms with Crippen LogP contribution in [0.25, 0.3) is 0 Å². The first kappa shape index (κ1) is 19.2. The second-order valence-electron chi connectivity index (χ2n) is 7.96. The molecule has 150 valence electrons. The first-order valence-electron chi connectivity index (χ1n) is 10.6. The Hall–Kier alpha value is -2.18. The summed E-state index contributed by atoms with van der Waals surface area (Å²) in [5.74, 6) is 1.84. The van der Waals surface area contributed by atoms with Gasteiger partial charge in [0.15, 0.2) is 0 Å². The standard InChI is InChI=1S/C22H32N6/c1-18-16-21(28-12-5-10-23-11-15-28)26-22(24-18)25-20-8-13-27(14-9-20)17-19-6-3-2-4-7-19/h2-4,6-7,16,20,23H,5,8-15,17H2,1H3,(H,24,25,26). The van der Waals surface area contributed by atoms with E-state index in [-0.39, 0.29) is 0 Å². The fraction of sp³-hybridized carbons (Fsp3) is 0.545. The molecule has 1 aromatic heterocycles. The number of rotatable bonds is 5. The third-order valence-corrected chi connectivity index (χ3v) is 5.67. The van der Waals surface area contributed by atoms with Crippen molar-refractivity contribution in [3.8, 4) is 0 Å². The summed E-state index contributed by atoms with van der Waals surface area (Å²) < 4.78 is 0. The quantitative estimate of drug-likeness (QED) is 0.832. The summed E-state index contributed by atoms with van der Waals surface area (Å²) >= 11 is 0. The summed E-state index contributed by atoms with van der Waals surface area (Å²) in [6.07, 6.45) is 3.42. The predicted octanol–water partition coefficient (Wildman–Crippen LogP) is 2.66. The lowest BCUT2D eigenvalue weighted by atomic mass is 10.0. The van der Waals surface area contributed by atoms with Crippen molar-refractivity contribution in [3.05, 3.63) is 47.7 Å². The van der Waals surface area contributed by atoms with Crippen molar-refractivity contribution >= 4 is 11.8 Å². The lowest BCUT2D eigenvalue weighted by Crippen LogP contribution is -2.39. The second kappa shape index (κ2) is 9.34. The van der Waals surface area contributed by atoms with Crippen molar-refractivity contribution in [1.29, 1.82) is 0 Å². The normalized spacial score (nSPS) is 19.4. The fourth-order valence-electron chi connectivity index (χ4n) is 4.11. The maximum atomic E-state index is 4.84. The zero-order valence-corrected chi connectivity index (χ0v) is 16.9. The zero-order valence-electron chi connectivity index (χ0n) is 16.9. The third kappa shape index (κ3) is 5.20. The van der Waals surface area contributed by atoms with E-state index in [0.29, 0.717) is 6.04 Å². The molecule has 2 aromatic rings. The molecule has 4 rings (SSSR count). The topological polar surface area (TPSA) is 56.3 Å². The lowest BCUT2D eigenvalue weighted by molar-refractivity contribution is 0.211. The maximum absolute atomic E-state index is 4.84. The smallest absolute Gasteiger partial charge is 0.225 e. The second-order valence-corrected chi connectivity index (χ2v) is 7.96. The molecule has 2 aliphatic rings. The van der Waals surface area contributed by atoms with Crippen LogP contribution in [0.15, 0.2) is 36.4 Å². The molecule has 0 unspecified atom stereocenters. The van der Waals surface area contributed by atoms with Crippen LogP contribution in [0.3, 0.4) is 0 Å². The van der Waals surface area contributed by atoms with Gasteiger partial charge in [-0.15, -0.1) is 0 Å². The van der Waals surface area contributed by atoms with Gasteiger partial charge in [-0.1, -0.05) is 30.3 Å². The van der Waals surface area contributed by atoms with Crippen LogP contribution in [0.2, 0.25) is 0 Å². The number of piperidine rings is 1. The molecule has 28 heavy (non-hydrogen) atoms. The number of hydrogen-bond donors (Lipinski definition) is 2. The summed E-state index contributed by atoms with van der Waals surface area (Å²) in [6, 6.07) is 13.3. The number of hydrogen-bond acceptors (Lipinski definition) is 6. The van der Waals surface area contributed by atoms with Gasteiger partial charge >= 0.3 is 0 Å². The van der Waals surface area contributed by atoms with Crippen LogP contribution in [0, 0.1) is 6.92 Å². The van der Waals surface area contributed by atoms with E-state index in [1.807, 2.05) is 0 Å². The number of nitrogens with one attached hydrogen (secondary N) is 2. The molecule has 0 spiro atoms. The van der Waals surface area contributed by atoms with Gasteiger partial charge < -0.3 is 15.5 Å². The maximum Gasteiger partial charge on any atom is 0.225 e. The van der Waals surface area contributed by atoms with Crippen molar-refractivity contribution in [2.45, 2.75) is 38.8 Å². The third-order valence-electron chi connectivity index (χ3n) is 5.67. The van der Waals surface area contributed by atoms with E-state index in [9.17, 15) is 0 Å². The average molecular weight is 381 g/mol. The van der Waals surface area contributed by atoms with Crippen LogP contribution in [0.5, 0.6) is 0 Å². The molecule has 2 N–H and O–H groups in total. The molecule has 6 heteroatoms. The Morgan fingerprint density at radius 1 is 1.04 bits per heavy atom. The first-order valence-corrected chi connectivity index (χ1v) is 10.6. The van der Waals surface area contributed by atoms with Crippen LogP contribution in [-0.4, -0.2) is 60.2 Å². The summed E-state index contributed by atoms with van der Waals surface area (Å²) in [6.45, 7) is 9.51. The molecule has 0 atom stereocenters. The van der Waals surface area contributed by atoms with Crippen molar-refractivity contribution < 1.29 is 0 Å². The highest BCUT2D eigenvalue weighted by Crippen LogP contribution is 2.20. The minimum Gasteiger partial charge on any atom is -0.355 e. The molecule has 2 aliphatic heterocycles. The Labute approximate surface area is 168 Å². The van der Waals surface area contributed by atoms with E-state index in [2.05, 4.69) is 68.7 Å². The highest BCUT2D eigenvalue weighted by atomic mass is 15.2. The van der Waals surface area contributed by atoms with Crippen LogP contribution >= 0.6 is 0 Å². The largest absolute Gasteiger partial charge is 0.355 e. The number of nitrogens with zero attached hydrogens (tertiary/aromatic N) is 4. The van der Waals surface area contributed by atoms with Gasteiger partial charge in [-0.05, 0) is 38.3 Å². The van der Waals surface area contributed by atoms with E-state index in [4.69, 9.17) is 4.98 Å². The molecular weight excluding hydrogens is 348 g/mol. The number of aromatic nitrogens is 2. The van der Waals surface area contributed by atoms with Crippen molar-refractivity contribution in [1.82, 2.24) is 20.2 Å². The molecule has 1 aromatic carbocycles. The predicted molar refractivity (Wildman–Crippen MR) is 115 cm³/mol. The van der Waals surface area contributed by atoms with Crippen LogP contribution < -0.4 is 15.5 Å². The Balaban J connectivity index is 1.33. The van der Waals surface area contributed by atoms with E-state index in [1.54, 1.807) is 0 Å². The zero-order chi connectivity index (χ0) is 19.2. The lowest BCUT2D eigenvalue weighted by Gasteiger charge is -2.32. The van der Waals surface area contributed by atoms with Crippen molar-refractivity contribution in [2.75, 3.05) is 49.5 Å². The Kier molecular flexibility index (Phi) is 6.39. The van der Waals surface area contributed by atoms with Gasteiger partial charge in [-0.3, -0.25) is 4.90 Å². The van der Waals surface area contributed by atoms with Crippen LogP contribution in [0.1, 0.15) is 30.5 Å². The van der Waals surface area contributed by atoms with E-state index < -0.39 is 0 Å². The first-order chi connectivity index (χ1) is 13.8. The van der Waals surface area contributed by atoms with Gasteiger partial charge in [0, 0.05) is 57.1 Å². The van der Waals surface area contributed by atoms with E-state index in [0.717, 1.165) is 82.5 Å². The highest BCUT2D eigenvalue weighted by Gasteiger charge is 2.20. The molecule has 0 bridgehead atoms. The monoisotopic (exact) mass is 380 g/mol. The molecule has 3 heterocycles. The summed E-state index contributed by atoms with van der Waals surface area (Å²) in [7, 11) is 0. The number of likely N-dealkylation sites (tertiary alicyclic amines) is 1. The summed E-state index contributed by atoms with van der Waals surface area (Å²) in [5.41, 5.74) is 2.43. The van der Waals surface area contributed by atoms with Gasteiger partial charge in [-0.2, -0.15) is 4.98 Å². The molecule has 0 saturated carbocycles. The average Bonchev–Trinajstić information content (AvgIpc) is 3.00. The number of aryl methyl sites for hydroxylation is 1. The minimum absolute atomic E-state index is 0.451. The Morgan fingerprint density at radius 2 is 1.86 bits per heavy atom. The number of benzene rings is 1. The number of anilines is 2.